The summed E-state index contributed by atoms with van der Waals surface area (Å²) in [5.74, 6) is 0. The van der Waals surface area contributed by atoms with Crippen LogP contribution in [0.4, 0.5) is 0 Å². The molecule has 4 rings (SSSR count). The van der Waals surface area contributed by atoms with Crippen LogP contribution in [-0.4, -0.2) is 29.9 Å². The standard InChI is InChI=1S/C11H14ClNOS.C3H4N2/c12-9-7-8-1-6-14-11(10(8)15-9)2-4-13-5-3-11;1-2-4-5-3-1/h7,13H,1-6H2;1-3H,(H,4,5). The summed E-state index contributed by atoms with van der Waals surface area (Å²) >= 11 is 7.81. The van der Waals surface area contributed by atoms with Crippen molar-refractivity contribution in [2.75, 3.05) is 19.7 Å². The number of ether oxygens (including phenoxy) is 1. The Morgan fingerprint density at radius 2 is 2.20 bits per heavy atom. The minimum atomic E-state index is -0.0172. The molecule has 0 amide bonds. The van der Waals surface area contributed by atoms with Gasteiger partial charge in [0, 0.05) is 17.3 Å². The average Bonchev–Trinajstić information content (AvgIpc) is 3.12. The molecule has 20 heavy (non-hydrogen) atoms. The van der Waals surface area contributed by atoms with Crippen molar-refractivity contribution in [2.24, 2.45) is 0 Å². The lowest BCUT2D eigenvalue weighted by Gasteiger charge is -2.40. The average molecular weight is 312 g/mol. The minimum Gasteiger partial charge on any atom is -0.369 e. The maximum atomic E-state index is 6.10. The predicted octanol–water partition coefficient (Wildman–Crippen LogP) is 2.96. The van der Waals surface area contributed by atoms with Crippen LogP contribution in [0, 0.1) is 0 Å². The predicted molar refractivity (Wildman–Crippen MR) is 81.4 cm³/mol. The van der Waals surface area contributed by atoms with E-state index in [1.807, 2.05) is 6.07 Å². The fourth-order valence-corrected chi connectivity index (χ4v) is 4.31. The smallest absolute Gasteiger partial charge is 0.105 e. The van der Waals surface area contributed by atoms with Crippen LogP contribution < -0.4 is 5.32 Å². The number of piperidine rings is 1. The molecule has 108 valence electrons. The van der Waals surface area contributed by atoms with E-state index < -0.39 is 0 Å². The molecule has 0 saturated carbocycles. The number of nitrogens with zero attached hydrogens (tertiary/aromatic N) is 1. The lowest BCUT2D eigenvalue weighted by atomic mass is 9.86. The van der Waals surface area contributed by atoms with Crippen LogP contribution in [0.1, 0.15) is 23.3 Å². The summed E-state index contributed by atoms with van der Waals surface area (Å²) in [5.41, 5.74) is 1.40. The lowest BCUT2D eigenvalue weighted by molar-refractivity contribution is -0.0771. The van der Waals surface area contributed by atoms with E-state index in [0.29, 0.717) is 0 Å². The number of thiophene rings is 1. The Labute approximate surface area is 127 Å². The van der Waals surface area contributed by atoms with E-state index in [2.05, 4.69) is 21.6 Å². The van der Waals surface area contributed by atoms with Crippen molar-refractivity contribution in [2.45, 2.75) is 24.9 Å². The molecule has 0 unspecified atom stereocenters. The van der Waals surface area contributed by atoms with Crippen molar-refractivity contribution in [3.05, 3.63) is 39.3 Å². The summed E-state index contributed by atoms with van der Waals surface area (Å²) in [4.78, 5) is 1.39. The fraction of sp³-hybridized carbons (Fsp3) is 0.500. The SMILES string of the molecule is Clc1cc2c(s1)C1(CCNCC1)OCC2.c1cn[nH]c1. The maximum Gasteiger partial charge on any atom is 0.105 e. The molecular weight excluding hydrogens is 294 g/mol. The third kappa shape index (κ3) is 2.91. The molecule has 4 nitrogen and oxygen atoms in total. The number of halogens is 1. The monoisotopic (exact) mass is 311 g/mol. The van der Waals surface area contributed by atoms with Crippen LogP contribution in [0.3, 0.4) is 0 Å². The van der Waals surface area contributed by atoms with Gasteiger partial charge >= 0.3 is 0 Å². The summed E-state index contributed by atoms with van der Waals surface area (Å²) in [7, 11) is 0. The van der Waals surface area contributed by atoms with Crippen LogP contribution in [-0.2, 0) is 16.8 Å². The summed E-state index contributed by atoms with van der Waals surface area (Å²) in [6.45, 7) is 2.95. The van der Waals surface area contributed by atoms with E-state index in [9.17, 15) is 0 Å². The Hall–Kier alpha value is -0.880. The van der Waals surface area contributed by atoms with Gasteiger partial charge in [-0.15, -0.1) is 11.3 Å². The number of aromatic amines is 1. The highest BCUT2D eigenvalue weighted by molar-refractivity contribution is 7.16. The first-order valence-corrected chi connectivity index (χ1v) is 8.07. The quantitative estimate of drug-likeness (QED) is 0.786. The highest BCUT2D eigenvalue weighted by Gasteiger charge is 2.40. The molecule has 2 aromatic rings. The van der Waals surface area contributed by atoms with Gasteiger partial charge in [-0.05, 0) is 50.0 Å². The number of H-pyrrole nitrogens is 1. The molecule has 6 heteroatoms. The molecule has 4 heterocycles. The van der Waals surface area contributed by atoms with Crippen molar-refractivity contribution in [3.8, 4) is 0 Å². The topological polar surface area (TPSA) is 49.9 Å². The fourth-order valence-electron chi connectivity index (χ4n) is 2.81. The normalized spacial score (nSPS) is 20.1. The third-order valence-electron chi connectivity index (χ3n) is 3.76. The molecule has 2 aliphatic rings. The molecule has 1 fully saturated rings. The van der Waals surface area contributed by atoms with Crippen molar-refractivity contribution in [1.82, 2.24) is 15.5 Å². The van der Waals surface area contributed by atoms with Gasteiger partial charge < -0.3 is 10.1 Å². The molecule has 0 aliphatic carbocycles. The van der Waals surface area contributed by atoms with E-state index in [-0.39, 0.29) is 5.60 Å². The zero-order valence-electron chi connectivity index (χ0n) is 11.2. The Morgan fingerprint density at radius 3 is 2.85 bits per heavy atom. The van der Waals surface area contributed by atoms with Crippen molar-refractivity contribution in [1.29, 1.82) is 0 Å². The second-order valence-corrected chi connectivity index (χ2v) is 6.70. The van der Waals surface area contributed by atoms with Crippen molar-refractivity contribution < 1.29 is 4.74 Å². The molecule has 0 radical (unpaired) electrons. The molecule has 0 bridgehead atoms. The van der Waals surface area contributed by atoms with E-state index in [0.717, 1.165) is 43.3 Å². The van der Waals surface area contributed by atoms with Crippen LogP contribution in [0.5, 0.6) is 0 Å². The Kier molecular flexibility index (Phi) is 4.41. The van der Waals surface area contributed by atoms with Gasteiger partial charge in [0.2, 0.25) is 0 Å². The Morgan fingerprint density at radius 1 is 1.35 bits per heavy atom. The zero-order chi connectivity index (χ0) is 13.8. The number of rotatable bonds is 0. The number of aromatic nitrogens is 2. The largest absolute Gasteiger partial charge is 0.369 e. The van der Waals surface area contributed by atoms with E-state index in [4.69, 9.17) is 16.3 Å². The highest BCUT2D eigenvalue weighted by atomic mass is 35.5. The Bertz CT molecular complexity index is 517. The minimum absolute atomic E-state index is 0.0172. The van der Waals surface area contributed by atoms with Crippen LogP contribution >= 0.6 is 22.9 Å². The van der Waals surface area contributed by atoms with Gasteiger partial charge in [-0.25, -0.2) is 0 Å². The number of hydrogen-bond donors (Lipinski definition) is 2. The first kappa shape index (κ1) is 14.1. The lowest BCUT2D eigenvalue weighted by Crippen LogP contribution is -2.43. The second kappa shape index (κ2) is 6.26. The van der Waals surface area contributed by atoms with Gasteiger partial charge in [0.05, 0.1) is 10.9 Å². The molecule has 0 aromatic carbocycles. The van der Waals surface area contributed by atoms with Crippen LogP contribution in [0.25, 0.3) is 0 Å². The summed E-state index contributed by atoms with van der Waals surface area (Å²) in [6.07, 6.45) is 6.64. The van der Waals surface area contributed by atoms with E-state index >= 15 is 0 Å². The van der Waals surface area contributed by atoms with Crippen molar-refractivity contribution >= 4 is 22.9 Å². The molecule has 0 atom stereocenters. The molecule has 1 saturated heterocycles. The third-order valence-corrected chi connectivity index (χ3v) is 5.25. The molecular formula is C14H18ClN3OS. The van der Waals surface area contributed by atoms with Gasteiger partial charge in [-0.1, -0.05) is 11.6 Å². The van der Waals surface area contributed by atoms with E-state index in [1.165, 1.54) is 10.4 Å². The van der Waals surface area contributed by atoms with Gasteiger partial charge in [-0.2, -0.15) is 5.10 Å². The van der Waals surface area contributed by atoms with Crippen LogP contribution in [0.15, 0.2) is 24.5 Å². The molecule has 2 aliphatic heterocycles. The zero-order valence-corrected chi connectivity index (χ0v) is 12.8. The second-order valence-electron chi connectivity index (χ2n) is 5.01. The van der Waals surface area contributed by atoms with Crippen LogP contribution in [0.2, 0.25) is 4.34 Å². The van der Waals surface area contributed by atoms with Gasteiger partial charge in [-0.3, -0.25) is 5.10 Å². The number of fused-ring (bicyclic) bond motifs is 2. The number of nitrogens with one attached hydrogen (secondary N) is 2. The highest BCUT2D eigenvalue weighted by Crippen LogP contribution is 2.45. The summed E-state index contributed by atoms with van der Waals surface area (Å²) in [6, 6.07) is 3.95. The molecule has 1 spiro atoms. The summed E-state index contributed by atoms with van der Waals surface area (Å²) in [5, 5.41) is 9.59. The van der Waals surface area contributed by atoms with Gasteiger partial charge in [0.25, 0.3) is 0 Å². The maximum absolute atomic E-state index is 6.10. The number of hydrogen-bond acceptors (Lipinski definition) is 4. The first-order valence-electron chi connectivity index (χ1n) is 6.87. The van der Waals surface area contributed by atoms with Gasteiger partial charge in [0.15, 0.2) is 0 Å². The molecule has 2 N–H and O–H groups in total. The van der Waals surface area contributed by atoms with E-state index in [1.54, 1.807) is 23.7 Å². The summed E-state index contributed by atoms with van der Waals surface area (Å²) < 4.78 is 6.96. The Balaban J connectivity index is 0.000000205. The molecule has 2 aromatic heterocycles. The first-order chi connectivity index (χ1) is 9.80. The van der Waals surface area contributed by atoms with Gasteiger partial charge in [0.1, 0.15) is 5.60 Å². The van der Waals surface area contributed by atoms with Crippen molar-refractivity contribution in [3.63, 3.8) is 0 Å².